The summed E-state index contributed by atoms with van der Waals surface area (Å²) in [4.78, 5) is 0. The van der Waals surface area contributed by atoms with Crippen LogP contribution in [0.4, 0.5) is 0 Å². The van der Waals surface area contributed by atoms with E-state index in [0.717, 1.165) is 38.5 Å². The van der Waals surface area contributed by atoms with Gasteiger partial charge in [0.2, 0.25) is 0 Å². The number of aliphatic hydroxyl groups excluding tert-OH is 3. The molecule has 0 saturated carbocycles. The molecule has 0 amide bonds. The molecule has 4 N–H and O–H groups in total. The first-order valence-corrected chi connectivity index (χ1v) is 6.23. The molecule has 1 unspecified atom stereocenters. The molecule has 4 heteroatoms. The zero-order chi connectivity index (χ0) is 12.8. The molecule has 0 aliphatic rings. The molecule has 0 aliphatic heterocycles. The van der Waals surface area contributed by atoms with Gasteiger partial charge in [-0.05, 0) is 19.3 Å². The van der Waals surface area contributed by atoms with Gasteiger partial charge in [-0.15, -0.1) is 0 Å². The van der Waals surface area contributed by atoms with Crippen LogP contribution < -0.4 is 0 Å². The fraction of sp³-hybridized carbons (Fsp3) is 1.00. The first-order valence-electron chi connectivity index (χ1n) is 6.23. The van der Waals surface area contributed by atoms with Crippen LogP contribution in [0.2, 0.25) is 0 Å². The maximum Gasteiger partial charge on any atom is 0.151 e. The molecular weight excluding hydrogens is 208 g/mol. The minimum Gasteiger partial charge on any atom is -0.394 e. The van der Waals surface area contributed by atoms with Crippen LogP contribution in [-0.2, 0) is 0 Å². The third kappa shape index (κ3) is 19.4. The van der Waals surface area contributed by atoms with Gasteiger partial charge in [-0.3, -0.25) is 0 Å². The number of hydrogen-bond donors (Lipinski definition) is 4. The van der Waals surface area contributed by atoms with E-state index >= 15 is 0 Å². The summed E-state index contributed by atoms with van der Waals surface area (Å²) in [6, 6.07) is 0. The summed E-state index contributed by atoms with van der Waals surface area (Å²) in [5.41, 5.74) is 0. The Balaban J connectivity index is 0. The highest BCUT2D eigenvalue weighted by atomic mass is 16.5. The van der Waals surface area contributed by atoms with Crippen LogP contribution in [0.3, 0.4) is 0 Å². The van der Waals surface area contributed by atoms with Crippen molar-refractivity contribution >= 4 is 0 Å². The Morgan fingerprint density at radius 3 is 1.75 bits per heavy atom. The summed E-state index contributed by atoms with van der Waals surface area (Å²) >= 11 is 0. The minimum absolute atomic E-state index is 0.0972. The normalized spacial score (nSPS) is 12.2. The van der Waals surface area contributed by atoms with Crippen molar-refractivity contribution in [1.82, 2.24) is 0 Å². The van der Waals surface area contributed by atoms with Gasteiger partial charge in [0.25, 0.3) is 0 Å². The van der Waals surface area contributed by atoms with Crippen molar-refractivity contribution in [3.05, 3.63) is 0 Å². The molecule has 0 radical (unpaired) electrons. The lowest BCUT2D eigenvalue weighted by atomic mass is 10.2. The minimum atomic E-state index is -1.10. The van der Waals surface area contributed by atoms with Gasteiger partial charge in [-0.25, -0.2) is 0 Å². The number of unbranched alkanes of at least 4 members (excludes halogenated alkanes) is 3. The van der Waals surface area contributed by atoms with Crippen LogP contribution in [0.1, 0.15) is 58.8 Å². The molecule has 1 atom stereocenters. The Morgan fingerprint density at radius 1 is 0.812 bits per heavy atom. The Bertz CT molecular complexity index is 118. The highest BCUT2D eigenvalue weighted by molar-refractivity contribution is 4.50. The van der Waals surface area contributed by atoms with E-state index in [4.69, 9.17) is 20.4 Å². The lowest BCUT2D eigenvalue weighted by Gasteiger charge is -2.02. The zero-order valence-corrected chi connectivity index (χ0v) is 10.6. The molecule has 0 fully saturated rings. The summed E-state index contributed by atoms with van der Waals surface area (Å²) < 4.78 is 0. The molecule has 0 spiro atoms. The van der Waals surface area contributed by atoms with E-state index in [9.17, 15) is 0 Å². The number of rotatable bonds is 8. The molecule has 100 valence electrons. The summed E-state index contributed by atoms with van der Waals surface area (Å²) in [5, 5.41) is 33.7. The molecule has 0 aromatic rings. The predicted molar refractivity (Wildman–Crippen MR) is 65.0 cm³/mol. The van der Waals surface area contributed by atoms with Gasteiger partial charge in [-0.2, -0.15) is 0 Å². The van der Waals surface area contributed by atoms with E-state index in [0.29, 0.717) is 6.42 Å². The fourth-order valence-electron chi connectivity index (χ4n) is 1.11. The summed E-state index contributed by atoms with van der Waals surface area (Å²) in [6.45, 7) is 4.05. The standard InChI is InChI=1S/2C6H14O2/c1-2-3-4-6(8)5-7;1-2-3-4-5-6(7)8/h2*6-8H,2-5H2,1H3. The van der Waals surface area contributed by atoms with Gasteiger partial charge in [0.1, 0.15) is 0 Å². The van der Waals surface area contributed by atoms with Crippen LogP contribution in [0, 0.1) is 0 Å². The predicted octanol–water partition coefficient (Wildman–Crippen LogP) is 1.41. The van der Waals surface area contributed by atoms with Crippen molar-refractivity contribution in [3.8, 4) is 0 Å². The van der Waals surface area contributed by atoms with Crippen LogP contribution in [0.5, 0.6) is 0 Å². The molecule has 0 aliphatic carbocycles. The van der Waals surface area contributed by atoms with Crippen molar-refractivity contribution in [2.24, 2.45) is 0 Å². The maximum absolute atomic E-state index is 8.74. The van der Waals surface area contributed by atoms with E-state index in [1.807, 2.05) is 0 Å². The Hall–Kier alpha value is -0.160. The topological polar surface area (TPSA) is 80.9 Å². The molecule has 16 heavy (non-hydrogen) atoms. The van der Waals surface area contributed by atoms with Crippen molar-refractivity contribution in [3.63, 3.8) is 0 Å². The molecular formula is C12H28O4. The average Bonchev–Trinajstić information content (AvgIpc) is 2.26. The van der Waals surface area contributed by atoms with Gasteiger partial charge >= 0.3 is 0 Å². The van der Waals surface area contributed by atoms with Gasteiger partial charge in [0, 0.05) is 0 Å². The van der Waals surface area contributed by atoms with Crippen molar-refractivity contribution in [1.29, 1.82) is 0 Å². The van der Waals surface area contributed by atoms with Crippen molar-refractivity contribution in [2.75, 3.05) is 6.61 Å². The Morgan fingerprint density at radius 2 is 1.38 bits per heavy atom. The average molecular weight is 236 g/mol. The summed E-state index contributed by atoms with van der Waals surface area (Å²) in [5.74, 6) is 0. The van der Waals surface area contributed by atoms with E-state index < -0.39 is 12.4 Å². The quantitative estimate of drug-likeness (QED) is 0.379. The molecule has 0 bridgehead atoms. The second-order valence-corrected chi connectivity index (χ2v) is 3.96. The maximum atomic E-state index is 8.74. The molecule has 0 aromatic heterocycles. The van der Waals surface area contributed by atoms with E-state index in [2.05, 4.69) is 13.8 Å². The second kappa shape index (κ2) is 14.8. The van der Waals surface area contributed by atoms with Crippen molar-refractivity contribution < 1.29 is 20.4 Å². The summed E-state index contributed by atoms with van der Waals surface area (Å²) in [7, 11) is 0. The number of hydrogen-bond acceptors (Lipinski definition) is 4. The van der Waals surface area contributed by atoms with Gasteiger partial charge in [-0.1, -0.05) is 39.5 Å². The smallest absolute Gasteiger partial charge is 0.151 e. The van der Waals surface area contributed by atoms with Gasteiger partial charge in [0.15, 0.2) is 6.29 Å². The third-order valence-electron chi connectivity index (χ3n) is 2.17. The van der Waals surface area contributed by atoms with E-state index in [-0.39, 0.29) is 6.61 Å². The SMILES string of the molecule is CCCCC(O)CO.CCCCCC(O)O. The van der Waals surface area contributed by atoms with E-state index in [1.54, 1.807) is 0 Å². The zero-order valence-electron chi connectivity index (χ0n) is 10.6. The second-order valence-electron chi connectivity index (χ2n) is 3.96. The van der Waals surface area contributed by atoms with Crippen LogP contribution in [0.25, 0.3) is 0 Å². The molecule has 0 saturated heterocycles. The fourth-order valence-corrected chi connectivity index (χ4v) is 1.11. The summed E-state index contributed by atoms with van der Waals surface area (Å²) in [6.07, 6.45) is 4.90. The molecule has 0 aromatic carbocycles. The largest absolute Gasteiger partial charge is 0.394 e. The highest BCUT2D eigenvalue weighted by Crippen LogP contribution is 2.00. The molecule has 0 heterocycles. The van der Waals surface area contributed by atoms with Gasteiger partial charge in [0.05, 0.1) is 12.7 Å². The lowest BCUT2D eigenvalue weighted by molar-refractivity contribution is -0.0465. The van der Waals surface area contributed by atoms with E-state index in [1.165, 1.54) is 0 Å². The third-order valence-corrected chi connectivity index (χ3v) is 2.17. The first-order chi connectivity index (χ1) is 7.58. The van der Waals surface area contributed by atoms with Crippen molar-refractivity contribution in [2.45, 2.75) is 71.2 Å². The van der Waals surface area contributed by atoms with Crippen LogP contribution >= 0.6 is 0 Å². The lowest BCUT2D eigenvalue weighted by Crippen LogP contribution is -2.10. The van der Waals surface area contributed by atoms with Crippen LogP contribution in [-0.4, -0.2) is 39.4 Å². The highest BCUT2D eigenvalue weighted by Gasteiger charge is 1.97. The first kappa shape index (κ1) is 18.2. The molecule has 4 nitrogen and oxygen atoms in total. The Labute approximate surface area is 98.9 Å². The number of aliphatic hydroxyl groups is 4. The molecule has 0 rings (SSSR count). The monoisotopic (exact) mass is 236 g/mol. The van der Waals surface area contributed by atoms with Gasteiger partial charge < -0.3 is 20.4 Å². The Kier molecular flexibility index (Phi) is 16.9. The van der Waals surface area contributed by atoms with Crippen LogP contribution in [0.15, 0.2) is 0 Å².